The van der Waals surface area contributed by atoms with E-state index in [0.717, 1.165) is 17.9 Å². The number of ether oxygens (including phenoxy) is 2. The molecule has 0 aromatic carbocycles. The third-order valence-corrected chi connectivity index (χ3v) is 3.03. The Hall–Kier alpha value is -1.79. The predicted molar refractivity (Wildman–Crippen MR) is 84.7 cm³/mol. The Kier molecular flexibility index (Phi) is 6.02. The zero-order chi connectivity index (χ0) is 17.8. The maximum atomic E-state index is 12.4. The Labute approximate surface area is 137 Å². The van der Waals surface area contributed by atoms with Crippen molar-refractivity contribution in [2.24, 2.45) is 0 Å². The van der Waals surface area contributed by atoms with Gasteiger partial charge in [-0.2, -0.15) is 0 Å². The highest BCUT2D eigenvalue weighted by molar-refractivity contribution is 5.88. The SMILES string of the molecule is CC(C)(C)OC(=O)NN(C(=O)OC(C)(C)C)C1CCCCC1=O. The summed E-state index contributed by atoms with van der Waals surface area (Å²) in [5, 5.41) is 0.973. The summed E-state index contributed by atoms with van der Waals surface area (Å²) in [6, 6.07) is -0.717. The van der Waals surface area contributed by atoms with Crippen LogP contribution < -0.4 is 5.43 Å². The molecule has 0 bridgehead atoms. The third kappa shape index (κ3) is 6.88. The van der Waals surface area contributed by atoms with E-state index >= 15 is 0 Å². The zero-order valence-corrected chi connectivity index (χ0v) is 14.9. The minimum atomic E-state index is -0.790. The average Bonchev–Trinajstić information content (AvgIpc) is 2.32. The summed E-state index contributed by atoms with van der Waals surface area (Å²) in [6.07, 6.45) is 0.939. The molecule has 0 spiro atoms. The van der Waals surface area contributed by atoms with E-state index in [2.05, 4.69) is 5.43 Å². The number of hydrogen-bond donors (Lipinski definition) is 1. The van der Waals surface area contributed by atoms with Gasteiger partial charge in [0.2, 0.25) is 0 Å². The standard InChI is InChI=1S/C16H28N2O5/c1-15(2,3)22-13(20)17-18(14(21)23-16(4,5)6)11-9-7-8-10-12(11)19/h11H,7-10H2,1-6H3,(H,17,20). The van der Waals surface area contributed by atoms with Crippen molar-refractivity contribution in [1.29, 1.82) is 0 Å². The minimum absolute atomic E-state index is 0.0850. The molecule has 7 heteroatoms. The van der Waals surface area contributed by atoms with Gasteiger partial charge < -0.3 is 9.47 Å². The number of nitrogens with zero attached hydrogens (tertiary/aromatic N) is 1. The molecule has 1 unspecified atom stereocenters. The van der Waals surface area contributed by atoms with E-state index in [0.29, 0.717) is 12.8 Å². The number of carbonyl (C=O) groups excluding carboxylic acids is 3. The fourth-order valence-electron chi connectivity index (χ4n) is 2.20. The minimum Gasteiger partial charge on any atom is -0.443 e. The van der Waals surface area contributed by atoms with E-state index in [1.807, 2.05) is 0 Å². The molecule has 0 aromatic rings. The van der Waals surface area contributed by atoms with Gasteiger partial charge in [0.25, 0.3) is 0 Å². The Bertz CT molecular complexity index is 462. The molecule has 132 valence electrons. The van der Waals surface area contributed by atoms with Crippen molar-refractivity contribution >= 4 is 18.0 Å². The molecule has 1 rings (SSSR count). The fourth-order valence-corrected chi connectivity index (χ4v) is 2.20. The molecule has 1 aliphatic carbocycles. The van der Waals surface area contributed by atoms with Crippen LogP contribution in [0.15, 0.2) is 0 Å². The van der Waals surface area contributed by atoms with Crippen LogP contribution in [0, 0.1) is 0 Å². The first-order valence-corrected chi connectivity index (χ1v) is 7.93. The number of amides is 2. The zero-order valence-electron chi connectivity index (χ0n) is 14.9. The third-order valence-electron chi connectivity index (χ3n) is 3.03. The topological polar surface area (TPSA) is 84.9 Å². The van der Waals surface area contributed by atoms with Gasteiger partial charge in [0.05, 0.1) is 0 Å². The first kappa shape index (κ1) is 19.3. The molecule has 1 atom stereocenters. The van der Waals surface area contributed by atoms with Crippen molar-refractivity contribution in [2.45, 2.75) is 84.5 Å². The summed E-state index contributed by atoms with van der Waals surface area (Å²) >= 11 is 0. The van der Waals surface area contributed by atoms with Crippen molar-refractivity contribution in [3.8, 4) is 0 Å². The fraction of sp³-hybridized carbons (Fsp3) is 0.812. The van der Waals surface area contributed by atoms with Crippen molar-refractivity contribution < 1.29 is 23.9 Å². The van der Waals surface area contributed by atoms with Crippen LogP contribution in [0.5, 0.6) is 0 Å². The number of hydrogen-bond acceptors (Lipinski definition) is 5. The highest BCUT2D eigenvalue weighted by atomic mass is 16.6. The molecule has 0 radical (unpaired) electrons. The second-order valence-corrected chi connectivity index (χ2v) is 7.69. The van der Waals surface area contributed by atoms with Gasteiger partial charge in [0, 0.05) is 6.42 Å². The molecule has 0 saturated heterocycles. The molecule has 1 aliphatic rings. The number of hydrazine groups is 1. The van der Waals surface area contributed by atoms with Gasteiger partial charge in [-0.1, -0.05) is 6.42 Å². The number of Topliss-reactive ketones (excluding diaryl/α,β-unsaturated/α-hetero) is 1. The van der Waals surface area contributed by atoms with Gasteiger partial charge in [-0.25, -0.2) is 20.0 Å². The maximum absolute atomic E-state index is 12.4. The highest BCUT2D eigenvalue weighted by Gasteiger charge is 2.36. The summed E-state index contributed by atoms with van der Waals surface area (Å²) < 4.78 is 10.5. The van der Waals surface area contributed by atoms with E-state index in [4.69, 9.17) is 9.47 Å². The summed E-state index contributed by atoms with van der Waals surface area (Å²) in [4.78, 5) is 36.5. The van der Waals surface area contributed by atoms with Crippen molar-refractivity contribution in [3.05, 3.63) is 0 Å². The second kappa shape index (κ2) is 7.19. The molecule has 2 amide bonds. The molecule has 1 fully saturated rings. The molecular formula is C16H28N2O5. The number of ketones is 1. The molecule has 0 aliphatic heterocycles. The predicted octanol–water partition coefficient (Wildman–Crippen LogP) is 3.17. The van der Waals surface area contributed by atoms with Crippen molar-refractivity contribution in [1.82, 2.24) is 10.4 Å². The maximum Gasteiger partial charge on any atom is 0.429 e. The lowest BCUT2D eigenvalue weighted by Crippen LogP contribution is -2.57. The van der Waals surface area contributed by atoms with E-state index in [-0.39, 0.29) is 5.78 Å². The lowest BCUT2D eigenvalue weighted by molar-refractivity contribution is -0.127. The van der Waals surface area contributed by atoms with E-state index in [9.17, 15) is 14.4 Å². The van der Waals surface area contributed by atoms with Crippen LogP contribution in [0.3, 0.4) is 0 Å². The van der Waals surface area contributed by atoms with Crippen LogP contribution in [0.4, 0.5) is 9.59 Å². The molecule has 0 aromatic heterocycles. The Morgan fingerprint density at radius 2 is 1.61 bits per heavy atom. The van der Waals surface area contributed by atoms with Gasteiger partial charge in [0.1, 0.15) is 17.2 Å². The number of carbonyl (C=O) groups is 3. The van der Waals surface area contributed by atoms with E-state index in [1.165, 1.54) is 0 Å². The lowest BCUT2D eigenvalue weighted by Gasteiger charge is -2.34. The average molecular weight is 328 g/mol. The van der Waals surface area contributed by atoms with Crippen LogP contribution in [0.25, 0.3) is 0 Å². The summed E-state index contributed by atoms with van der Waals surface area (Å²) in [7, 11) is 0. The van der Waals surface area contributed by atoms with Crippen molar-refractivity contribution in [3.63, 3.8) is 0 Å². The van der Waals surface area contributed by atoms with Gasteiger partial charge in [-0.3, -0.25) is 4.79 Å². The Balaban J connectivity index is 2.89. The largest absolute Gasteiger partial charge is 0.443 e. The van der Waals surface area contributed by atoms with Crippen LogP contribution in [0.2, 0.25) is 0 Å². The normalized spacial score (nSPS) is 19.0. The Morgan fingerprint density at radius 3 is 2.09 bits per heavy atom. The quantitative estimate of drug-likeness (QED) is 0.747. The second-order valence-electron chi connectivity index (χ2n) is 7.69. The monoisotopic (exact) mass is 328 g/mol. The van der Waals surface area contributed by atoms with Crippen LogP contribution in [-0.4, -0.2) is 40.2 Å². The molecule has 0 heterocycles. The van der Waals surface area contributed by atoms with Crippen LogP contribution >= 0.6 is 0 Å². The van der Waals surface area contributed by atoms with Crippen molar-refractivity contribution in [2.75, 3.05) is 0 Å². The number of rotatable bonds is 1. The van der Waals surface area contributed by atoms with Gasteiger partial charge in [-0.05, 0) is 54.4 Å². The molecular weight excluding hydrogens is 300 g/mol. The molecule has 7 nitrogen and oxygen atoms in total. The summed E-state index contributed by atoms with van der Waals surface area (Å²) in [5.74, 6) is -0.0850. The van der Waals surface area contributed by atoms with Gasteiger partial charge in [-0.15, -0.1) is 0 Å². The van der Waals surface area contributed by atoms with E-state index < -0.39 is 29.4 Å². The van der Waals surface area contributed by atoms with Crippen LogP contribution in [0.1, 0.15) is 67.2 Å². The lowest BCUT2D eigenvalue weighted by atomic mass is 9.94. The number of nitrogens with one attached hydrogen (secondary N) is 1. The van der Waals surface area contributed by atoms with Gasteiger partial charge in [0.15, 0.2) is 5.78 Å². The first-order chi connectivity index (χ1) is 10.4. The highest BCUT2D eigenvalue weighted by Crippen LogP contribution is 2.21. The Morgan fingerprint density at radius 1 is 1.04 bits per heavy atom. The van der Waals surface area contributed by atoms with Gasteiger partial charge >= 0.3 is 12.2 Å². The summed E-state index contributed by atoms with van der Waals surface area (Å²) in [6.45, 7) is 10.3. The first-order valence-electron chi connectivity index (χ1n) is 7.93. The molecule has 1 N–H and O–H groups in total. The molecule has 23 heavy (non-hydrogen) atoms. The van der Waals surface area contributed by atoms with E-state index in [1.54, 1.807) is 41.5 Å². The summed E-state index contributed by atoms with van der Waals surface area (Å²) in [5.41, 5.74) is 0.931. The molecule has 1 saturated carbocycles. The van der Waals surface area contributed by atoms with Crippen LogP contribution in [-0.2, 0) is 14.3 Å². The smallest absolute Gasteiger partial charge is 0.429 e.